The summed E-state index contributed by atoms with van der Waals surface area (Å²) in [6, 6.07) is 2.86. The Bertz CT molecular complexity index is 3830. The van der Waals surface area contributed by atoms with E-state index in [4.69, 9.17) is 9.97 Å². The van der Waals surface area contributed by atoms with Crippen molar-refractivity contribution in [3.05, 3.63) is 136 Å². The van der Waals surface area contributed by atoms with Gasteiger partial charge in [-0.2, -0.15) is 0 Å². The van der Waals surface area contributed by atoms with E-state index in [9.17, 15) is 17.8 Å². The average molecular weight is 902 g/mol. The van der Waals surface area contributed by atoms with Gasteiger partial charge in [0, 0.05) is 37.3 Å². The van der Waals surface area contributed by atoms with E-state index in [0.29, 0.717) is 43.1 Å². The molecule has 338 valence electrons. The molecule has 0 atom stereocenters. The van der Waals surface area contributed by atoms with Crippen LogP contribution in [0.25, 0.3) is 21.2 Å². The molecule has 6 heteroatoms. The van der Waals surface area contributed by atoms with Crippen molar-refractivity contribution in [2.45, 2.75) is 156 Å². The fourth-order valence-electron chi connectivity index (χ4n) is 9.62. The highest BCUT2D eigenvalue weighted by Crippen LogP contribution is 2.52. The summed E-state index contributed by atoms with van der Waals surface area (Å²) in [6.07, 6.45) is 3.24. The van der Waals surface area contributed by atoms with Crippen molar-refractivity contribution in [2.75, 3.05) is 9.80 Å². The molecule has 0 radical (unpaired) electrons. The SMILES string of the molecule is [2H]c1c([2H])c(C(C)(C)C)c([2H])c([2H])c1-c1c([2H])c(C(C)(C)C)c([2H])c([2H])c1N1c2ncnc3c2B(c2sc4c([2H])c([2H])c(C(C)(C)C)c([2H])c4c2N3c2ccc3c(c2)C(C)(C)CCC3(C)C)c2c([2H])c(C(C)(C)C)c([2H])c([2H])c21. The summed E-state index contributed by atoms with van der Waals surface area (Å²) < 4.78 is 130. The summed E-state index contributed by atoms with van der Waals surface area (Å²) in [7, 11) is 0. The Morgan fingerprint density at radius 1 is 0.591 bits per heavy atom. The number of thiophene rings is 1. The molecule has 0 saturated carbocycles. The van der Waals surface area contributed by atoms with E-state index in [1.165, 1.54) is 28.1 Å². The van der Waals surface area contributed by atoms with E-state index in [-0.39, 0.29) is 122 Å². The standard InChI is InChI=1S/C60H69BN4S/c1-55(2,3)37-19-17-36(18-20-37)42-31-38(56(4,5)6)21-26-47(42)65-48-27-22-40(58(10,11)12)33-46(48)61-50-53(62-35-63-54(50)65)64(41-24-25-44-45(34-41)60(15,16)30-29-59(44,13)14)51-43-32-39(57(7,8)9)23-28-49(43)66-52(51)61/h17-28,31-35H,29-30H2,1-16H3/i17D,18D,19D,20D,21D,22D,23D,26D,27D,28D,31D,32D,33D. The maximum absolute atomic E-state index is 10.5. The van der Waals surface area contributed by atoms with Crippen LogP contribution in [-0.2, 0) is 32.5 Å². The first-order valence-corrected chi connectivity index (χ1v) is 24.1. The second-order valence-corrected chi connectivity index (χ2v) is 25.1. The molecule has 0 bridgehead atoms. The van der Waals surface area contributed by atoms with Crippen molar-refractivity contribution in [1.82, 2.24) is 9.97 Å². The van der Waals surface area contributed by atoms with Crippen LogP contribution in [0.15, 0.2) is 103 Å². The summed E-state index contributed by atoms with van der Waals surface area (Å²) in [5.41, 5.74) is 0.440. The molecule has 66 heavy (non-hydrogen) atoms. The zero-order chi connectivity index (χ0) is 58.6. The van der Waals surface area contributed by atoms with Crippen molar-refractivity contribution in [3.63, 3.8) is 0 Å². The molecule has 0 amide bonds. The van der Waals surface area contributed by atoms with Crippen LogP contribution in [0.3, 0.4) is 0 Å². The van der Waals surface area contributed by atoms with Crippen LogP contribution in [0.2, 0.25) is 0 Å². The van der Waals surface area contributed by atoms with Crippen LogP contribution < -0.4 is 25.5 Å². The lowest BCUT2D eigenvalue weighted by Gasteiger charge is -2.44. The van der Waals surface area contributed by atoms with Gasteiger partial charge in [0.25, 0.3) is 6.71 Å². The maximum Gasteiger partial charge on any atom is 0.268 e. The largest absolute Gasteiger partial charge is 0.295 e. The van der Waals surface area contributed by atoms with Crippen molar-refractivity contribution >= 4 is 78.2 Å². The molecule has 5 aromatic carbocycles. The predicted octanol–water partition coefficient (Wildman–Crippen LogP) is 15.0. The van der Waals surface area contributed by atoms with E-state index in [0.717, 1.165) is 18.4 Å². The van der Waals surface area contributed by atoms with Gasteiger partial charge in [-0.3, -0.25) is 9.80 Å². The highest BCUT2D eigenvalue weighted by Gasteiger charge is 2.48. The molecule has 0 N–H and O–H groups in total. The summed E-state index contributed by atoms with van der Waals surface area (Å²) in [4.78, 5) is 13.6. The smallest absolute Gasteiger partial charge is 0.268 e. The minimum absolute atomic E-state index is 0.0628. The molecule has 10 rings (SSSR count). The summed E-state index contributed by atoms with van der Waals surface area (Å²) in [6.45, 7) is 30.1. The Balaban J connectivity index is 1.46. The number of hydrogen-bond acceptors (Lipinski definition) is 5. The minimum atomic E-state index is -1.03. The highest BCUT2D eigenvalue weighted by atomic mass is 32.1. The maximum atomic E-state index is 10.5. The van der Waals surface area contributed by atoms with Gasteiger partial charge in [-0.1, -0.05) is 165 Å². The Labute approximate surface area is 418 Å². The first-order valence-electron chi connectivity index (χ1n) is 29.8. The van der Waals surface area contributed by atoms with Crippen LogP contribution in [0, 0.1) is 0 Å². The van der Waals surface area contributed by atoms with Gasteiger partial charge in [0.15, 0.2) is 0 Å². The Morgan fingerprint density at radius 3 is 1.74 bits per heavy atom. The molecule has 4 heterocycles. The number of rotatable bonds is 3. The van der Waals surface area contributed by atoms with Gasteiger partial charge < -0.3 is 0 Å². The van der Waals surface area contributed by atoms with Gasteiger partial charge in [-0.25, -0.2) is 9.97 Å². The third kappa shape index (κ3) is 7.15. The van der Waals surface area contributed by atoms with Gasteiger partial charge in [-0.15, -0.1) is 11.3 Å². The summed E-state index contributed by atoms with van der Waals surface area (Å²) in [5.74, 6) is 0.385. The first-order chi connectivity index (χ1) is 36.2. The normalized spacial score (nSPS) is 19.3. The van der Waals surface area contributed by atoms with E-state index >= 15 is 0 Å². The summed E-state index contributed by atoms with van der Waals surface area (Å²) in [5, 5.41) is 0.428. The van der Waals surface area contributed by atoms with Gasteiger partial charge in [0.05, 0.1) is 29.2 Å². The van der Waals surface area contributed by atoms with Crippen molar-refractivity contribution in [1.29, 1.82) is 0 Å². The first kappa shape index (κ1) is 31.7. The molecule has 2 aromatic heterocycles. The number of nitrogens with zero attached hydrogens (tertiary/aromatic N) is 4. The zero-order valence-electron chi connectivity index (χ0n) is 54.5. The van der Waals surface area contributed by atoms with Crippen molar-refractivity contribution < 1.29 is 17.8 Å². The second kappa shape index (κ2) is 14.7. The molecule has 0 saturated heterocycles. The van der Waals surface area contributed by atoms with Crippen LogP contribution in [0.1, 0.15) is 175 Å². The Morgan fingerprint density at radius 2 is 1.12 bits per heavy atom. The number of hydrogen-bond donors (Lipinski definition) is 0. The lowest BCUT2D eigenvalue weighted by atomic mass is 9.36. The zero-order valence-corrected chi connectivity index (χ0v) is 42.3. The highest BCUT2D eigenvalue weighted by molar-refractivity contribution is 7.33. The fraction of sp³-hybridized carbons (Fsp3) is 0.400. The number of anilines is 6. The third-order valence-corrected chi connectivity index (χ3v) is 15.0. The minimum Gasteiger partial charge on any atom is -0.295 e. The lowest BCUT2D eigenvalue weighted by molar-refractivity contribution is 0.332. The van der Waals surface area contributed by atoms with E-state index in [1.807, 2.05) is 52.5 Å². The van der Waals surface area contributed by atoms with E-state index in [2.05, 4.69) is 39.8 Å². The molecule has 7 aromatic rings. The lowest BCUT2D eigenvalue weighted by Crippen LogP contribution is -2.61. The van der Waals surface area contributed by atoms with E-state index < -0.39 is 46.5 Å². The predicted molar refractivity (Wildman–Crippen MR) is 287 cm³/mol. The quantitative estimate of drug-likeness (QED) is 0.165. The van der Waals surface area contributed by atoms with Crippen molar-refractivity contribution in [3.8, 4) is 11.1 Å². The molecule has 2 aliphatic heterocycles. The molecular formula is C60H69BN4S. The second-order valence-electron chi connectivity index (χ2n) is 24.0. The Hall–Kier alpha value is -5.20. The molecule has 0 unspecified atom stereocenters. The van der Waals surface area contributed by atoms with Gasteiger partial charge in [0.1, 0.15) is 18.0 Å². The topological polar surface area (TPSA) is 32.3 Å². The number of fused-ring (bicyclic) bond motifs is 7. The number of aromatic nitrogens is 2. The van der Waals surface area contributed by atoms with Gasteiger partial charge >= 0.3 is 0 Å². The van der Waals surface area contributed by atoms with Gasteiger partial charge in [-0.05, 0) is 132 Å². The average Bonchev–Trinajstić information content (AvgIpc) is 2.75. The molecule has 3 aliphatic rings. The van der Waals surface area contributed by atoms with Crippen LogP contribution in [-0.4, -0.2) is 16.7 Å². The van der Waals surface area contributed by atoms with Crippen LogP contribution in [0.4, 0.5) is 34.4 Å². The van der Waals surface area contributed by atoms with Gasteiger partial charge in [0.2, 0.25) is 0 Å². The van der Waals surface area contributed by atoms with Crippen LogP contribution >= 0.6 is 11.3 Å². The molecule has 0 spiro atoms. The third-order valence-electron chi connectivity index (χ3n) is 13.8. The summed E-state index contributed by atoms with van der Waals surface area (Å²) >= 11 is 1.23. The van der Waals surface area contributed by atoms with Crippen LogP contribution in [0.5, 0.6) is 0 Å². The monoisotopic (exact) mass is 902 g/mol. The molecule has 0 fully saturated rings. The molecule has 1 aliphatic carbocycles. The molecular weight excluding hydrogens is 820 g/mol. The molecule has 4 nitrogen and oxygen atoms in total. The fourth-order valence-corrected chi connectivity index (χ4v) is 10.8. The van der Waals surface area contributed by atoms with Crippen molar-refractivity contribution in [2.24, 2.45) is 0 Å². The van der Waals surface area contributed by atoms with E-state index in [1.54, 1.807) is 41.5 Å². The Kier molecular flexibility index (Phi) is 7.04. The number of benzene rings is 5.